The quantitative estimate of drug-likeness (QED) is 0.0352. The number of aromatic nitrogens is 6. The van der Waals surface area contributed by atoms with E-state index in [4.69, 9.17) is 9.47 Å². The van der Waals surface area contributed by atoms with Crippen LogP contribution in [0.3, 0.4) is 0 Å². The Balaban J connectivity index is 0.0000108. The monoisotopic (exact) mass is 1480 g/mol. The number of aromatic carboxylic acids is 2. The molecular weight excluding hydrogens is 1450 g/mol. The van der Waals surface area contributed by atoms with Crippen LogP contribution < -0.4 is 279 Å². The summed E-state index contributed by atoms with van der Waals surface area (Å²) in [4.78, 5) is 49.9. The van der Waals surface area contributed by atoms with Gasteiger partial charge in [-0.25, -0.2) is 70.5 Å². The number of ether oxygens (including phenoxy) is 2. The van der Waals surface area contributed by atoms with E-state index >= 15 is 0 Å². The van der Waals surface area contributed by atoms with Crippen LogP contribution in [0.5, 0.6) is 23.5 Å². The van der Waals surface area contributed by atoms with Crippen LogP contribution in [0.25, 0.3) is 12.2 Å². The minimum atomic E-state index is -5.53. The van der Waals surface area contributed by atoms with Crippen molar-refractivity contribution in [1.82, 2.24) is 29.9 Å². The van der Waals surface area contributed by atoms with Crippen LogP contribution in [0.2, 0.25) is 0 Å². The van der Waals surface area contributed by atoms with Gasteiger partial charge in [0.05, 0.1) is 64.1 Å². The molecule has 48 heteroatoms. The van der Waals surface area contributed by atoms with Gasteiger partial charge in [0, 0.05) is 0 Å². The summed E-state index contributed by atoms with van der Waals surface area (Å²) in [5.74, 6) is -3.42. The van der Waals surface area contributed by atoms with Crippen molar-refractivity contribution in [1.29, 1.82) is 0 Å². The molecule has 0 aliphatic rings. The Morgan fingerprint density at radius 2 is 0.681 bits per heavy atom. The minimum Gasteiger partial charge on any atom is -0.744 e. The molecule has 0 atom stereocenters. The average Bonchev–Trinajstić information content (AvgIpc) is 0.850. The summed E-state index contributed by atoms with van der Waals surface area (Å²) >= 11 is 0. The normalized spacial score (nSPS) is 12.4. The van der Waals surface area contributed by atoms with Crippen molar-refractivity contribution in [3.8, 4) is 23.5 Å². The molecule has 2 heterocycles. The number of aromatic amines is 4. The molecule has 0 aliphatic carbocycles. The second-order valence-electron chi connectivity index (χ2n) is 16.7. The van der Waals surface area contributed by atoms with Gasteiger partial charge in [-0.15, -0.1) is 0 Å². The molecule has 0 aliphatic heterocycles. The number of carboxylic acid groups (broad SMARTS) is 2. The van der Waals surface area contributed by atoms with Crippen LogP contribution >= 0.6 is 0 Å². The van der Waals surface area contributed by atoms with Crippen molar-refractivity contribution in [2.75, 3.05) is 0 Å². The van der Waals surface area contributed by atoms with Gasteiger partial charge < -0.3 is 56.6 Å². The van der Waals surface area contributed by atoms with Crippen molar-refractivity contribution < 1.29 is 344 Å². The largest absolute Gasteiger partial charge is 1.00 e. The maximum Gasteiger partial charge on any atom is 1.00 e. The fourth-order valence-corrected chi connectivity index (χ4v) is 10.7. The Morgan fingerprint density at radius 3 is 0.957 bits per heavy atom. The summed E-state index contributed by atoms with van der Waals surface area (Å²) in [6, 6.07) is 15.7. The van der Waals surface area contributed by atoms with Gasteiger partial charge in [0.25, 0.3) is 0 Å². The van der Waals surface area contributed by atoms with Gasteiger partial charge >= 0.3 is 248 Å². The molecule has 0 radical (unpaired) electrons. The van der Waals surface area contributed by atoms with Crippen molar-refractivity contribution in [3.05, 3.63) is 166 Å². The molecule has 0 saturated carbocycles. The number of hydrogen-bond donors (Lipinski definition) is 4. The number of carboxylic acids is 2. The van der Waals surface area contributed by atoms with E-state index in [2.05, 4.69) is 49.9 Å². The molecule has 0 bridgehead atoms. The summed E-state index contributed by atoms with van der Waals surface area (Å²) in [5.41, 5.74) is -6.89. The van der Waals surface area contributed by atoms with E-state index in [0.29, 0.717) is 48.5 Å². The van der Waals surface area contributed by atoms with E-state index in [1.807, 2.05) is 0 Å². The van der Waals surface area contributed by atoms with Crippen LogP contribution in [0, 0.1) is 0 Å². The van der Waals surface area contributed by atoms with Crippen LogP contribution in [-0.2, 0) is 60.7 Å². The van der Waals surface area contributed by atoms with E-state index in [1.54, 1.807) is 0 Å². The molecule has 34 nitrogen and oxygen atoms in total. The third kappa shape index (κ3) is 25.7. The number of nitrogens with zero attached hydrogens (tertiary/aromatic N) is 6. The second-order valence-corrected chi connectivity index (χ2v) is 24.9. The first-order valence-electron chi connectivity index (χ1n) is 22.5. The average molecular weight is 1480 g/mol. The Kier molecular flexibility index (Phi) is 37.1. The fraction of sp³-hybridized carbons (Fsp3) is 0. The molecule has 448 valence electrons. The standard InChI is InChI=1S/C46H34N10O24S6.8Na/c57-39(58)25-5-11-29(12-6-25)79-45-53-41(51-43(55-45)49-33-21-31(81(61,62)63)15-17-35(33)83(67,68)69)47-27-9-3-23(37(19-27)85(73,74)75)1-2-24-4-10-28(20-38(24)86(76,77)78)48-42-52-44(56-46(54-42)80-30-13-7-26(8-14-30)40(59)60)50-34-22-32(82(64,65)66)16-18-36(34)84(70,71)72;;;;;;;;/h1-22H,(H,57,58)(H,59,60)(H,61,62,63)(H,64,65,66)(H,67,68,69)(H,70,71,72)(H,73,74,75)(H,76,77,78)(H2,47,49,51,53,55)(H2,48,50,52,54,56);;;;;;;;/q;8*+1/p-8/b2-1+;;;;;;;;. The zero-order chi connectivity index (χ0) is 62.9. The molecule has 0 saturated heterocycles. The molecule has 8 aromatic rings. The van der Waals surface area contributed by atoms with E-state index in [0.717, 1.165) is 84.9 Å². The summed E-state index contributed by atoms with van der Waals surface area (Å²) in [6.07, 6.45) is 1.76. The third-order valence-corrected chi connectivity index (χ3v) is 16.0. The van der Waals surface area contributed by atoms with Gasteiger partial charge in [-0.05, 0) is 131 Å². The van der Waals surface area contributed by atoms with E-state index in [-0.39, 0.29) is 259 Å². The van der Waals surface area contributed by atoms with Gasteiger partial charge in [0.15, 0.2) is 0 Å². The Hall–Kier alpha value is -1.72. The van der Waals surface area contributed by atoms with E-state index < -0.39 is 170 Å². The molecular formula is C46H26N10Na8O24S6. The number of benzene rings is 6. The summed E-state index contributed by atoms with van der Waals surface area (Å²) in [7, 11) is -32.5. The molecule has 8 rings (SSSR count). The first kappa shape index (κ1) is 92.3. The number of H-pyrrole nitrogens is 4. The zero-order valence-electron chi connectivity index (χ0n) is 49.6. The van der Waals surface area contributed by atoms with E-state index in [1.165, 1.54) is 0 Å². The zero-order valence-corrected chi connectivity index (χ0v) is 70.5. The van der Waals surface area contributed by atoms with E-state index in [9.17, 15) is 97.6 Å². The van der Waals surface area contributed by atoms with Gasteiger partial charge in [-0.1, -0.05) is 24.3 Å². The Bertz CT molecular complexity index is 4900. The number of hydrogen-bond acceptors (Lipinski definition) is 30. The predicted octanol–water partition coefficient (Wildman–Crippen LogP) is -25.3. The van der Waals surface area contributed by atoms with Crippen LogP contribution in [-0.4, -0.2) is 120 Å². The third-order valence-electron chi connectivity index (χ3n) is 10.8. The van der Waals surface area contributed by atoms with Crippen molar-refractivity contribution in [2.24, 2.45) is 20.0 Å². The summed E-state index contributed by atoms with van der Waals surface area (Å²) < 4.78 is 231. The number of rotatable bonds is 18. The fourth-order valence-electron chi connectivity index (χ4n) is 7.10. The van der Waals surface area contributed by atoms with Gasteiger partial charge in [-0.3, -0.25) is 19.9 Å². The van der Waals surface area contributed by atoms with Crippen LogP contribution in [0.1, 0.15) is 31.8 Å². The van der Waals surface area contributed by atoms with Gasteiger partial charge in [-0.2, -0.15) is 9.97 Å². The SMILES string of the molecule is O=C([O-])c1ccc(Oc2nc(=Nc3ccc(/C=C/c4ccc(N=c5nc(Oc6ccc(C(=O)[O-])cc6)[nH]c(=Nc6cc(S(=O)(=O)[O-])ccc6S(=O)(=O)[O-])[nH]5)cc4S(=O)(=O)[O-])c(S(=O)(=O)[O-])c3)[nH]c(=Nc3cc(S(=O)(=O)[O-])ccc3S(=O)(=O)[O-])[nH]2)cc1.[Na+].[Na+].[Na+].[Na+].[Na+].[Na+].[Na+].[Na+]. The topological polar surface area (TPSA) is 580 Å². The minimum absolute atomic E-state index is 0. The predicted molar refractivity (Wildman–Crippen MR) is 271 cm³/mol. The number of carbonyl (C=O) groups is 2. The summed E-state index contributed by atoms with van der Waals surface area (Å²) in [5, 5.41) is 22.6. The maximum atomic E-state index is 12.8. The first-order chi connectivity index (χ1) is 40.0. The molecule has 0 amide bonds. The Labute approximate surface area is 708 Å². The number of carbonyl (C=O) groups excluding carboxylic acids is 2. The molecule has 2 aromatic heterocycles. The molecule has 6 aromatic carbocycles. The molecule has 0 fully saturated rings. The molecule has 0 spiro atoms. The van der Waals surface area contributed by atoms with Crippen molar-refractivity contribution in [2.45, 2.75) is 29.4 Å². The molecule has 4 N–H and O–H groups in total. The maximum absolute atomic E-state index is 12.8. The number of nitrogens with one attached hydrogen (secondary N) is 4. The van der Waals surface area contributed by atoms with Gasteiger partial charge in [0.2, 0.25) is 22.5 Å². The summed E-state index contributed by atoms with van der Waals surface area (Å²) in [6.45, 7) is 0. The van der Waals surface area contributed by atoms with Crippen LogP contribution in [0.4, 0.5) is 22.7 Å². The van der Waals surface area contributed by atoms with Crippen molar-refractivity contribution >= 4 is 108 Å². The second kappa shape index (κ2) is 37.8. The first-order valence-corrected chi connectivity index (χ1v) is 31.0. The van der Waals surface area contributed by atoms with Crippen molar-refractivity contribution in [3.63, 3.8) is 0 Å². The van der Waals surface area contributed by atoms with Crippen LogP contribution in [0.15, 0.2) is 171 Å². The Morgan fingerprint density at radius 1 is 0.372 bits per heavy atom. The van der Waals surface area contributed by atoms with Gasteiger partial charge in [0.1, 0.15) is 72.2 Å². The molecule has 94 heavy (non-hydrogen) atoms. The molecule has 0 unspecified atom stereocenters. The smallest absolute Gasteiger partial charge is 0.744 e.